The van der Waals surface area contributed by atoms with E-state index >= 15 is 0 Å². The Bertz CT molecular complexity index is 385. The summed E-state index contributed by atoms with van der Waals surface area (Å²) in [6, 6.07) is 9.14. The van der Waals surface area contributed by atoms with Crippen LogP contribution in [0.5, 0.6) is 0 Å². The highest BCUT2D eigenvalue weighted by molar-refractivity contribution is 9.10. The predicted octanol–water partition coefficient (Wildman–Crippen LogP) is 3.28. The van der Waals surface area contributed by atoms with Crippen LogP contribution in [0.2, 0.25) is 0 Å². The summed E-state index contributed by atoms with van der Waals surface area (Å²) in [6.45, 7) is 8.07. The van der Waals surface area contributed by atoms with Crippen LogP contribution in [0.15, 0.2) is 28.7 Å². The van der Waals surface area contributed by atoms with Crippen LogP contribution in [-0.2, 0) is 0 Å². The second-order valence-electron chi connectivity index (χ2n) is 5.58. The van der Waals surface area contributed by atoms with Gasteiger partial charge in [-0.25, -0.2) is 0 Å². The Morgan fingerprint density at radius 2 is 1.90 bits per heavy atom. The van der Waals surface area contributed by atoms with Gasteiger partial charge in [-0.2, -0.15) is 0 Å². The summed E-state index contributed by atoms with van der Waals surface area (Å²) < 4.78 is 1.13. The monoisotopic (exact) mass is 339 g/mol. The van der Waals surface area contributed by atoms with Crippen molar-refractivity contribution < 1.29 is 0 Å². The second-order valence-corrected chi connectivity index (χ2v) is 6.50. The zero-order valence-corrected chi connectivity index (χ0v) is 14.2. The van der Waals surface area contributed by atoms with Gasteiger partial charge in [0.15, 0.2) is 0 Å². The van der Waals surface area contributed by atoms with Crippen molar-refractivity contribution in [3.63, 3.8) is 0 Å². The molecule has 3 nitrogen and oxygen atoms in total. The van der Waals surface area contributed by atoms with Crippen molar-refractivity contribution in [2.24, 2.45) is 0 Å². The molecular weight excluding hydrogens is 314 g/mol. The average molecular weight is 340 g/mol. The van der Waals surface area contributed by atoms with Crippen LogP contribution in [0.1, 0.15) is 19.8 Å². The molecule has 1 saturated heterocycles. The Kier molecular flexibility index (Phi) is 6.33. The van der Waals surface area contributed by atoms with E-state index < -0.39 is 0 Å². The first-order valence-corrected chi connectivity index (χ1v) is 8.40. The highest BCUT2D eigenvalue weighted by Crippen LogP contribution is 2.16. The lowest BCUT2D eigenvalue weighted by Crippen LogP contribution is -2.44. The summed E-state index contributed by atoms with van der Waals surface area (Å²) in [7, 11) is 2.26. The number of likely N-dealkylation sites (N-methyl/N-ethyl adjacent to an activating group) is 1. The lowest BCUT2D eigenvalue weighted by molar-refractivity contribution is 0.135. The minimum atomic E-state index is 0.754. The van der Waals surface area contributed by atoms with E-state index in [4.69, 9.17) is 0 Å². The molecule has 1 aromatic rings. The van der Waals surface area contributed by atoms with Gasteiger partial charge in [0.05, 0.1) is 0 Å². The number of hydrogen-bond donors (Lipinski definition) is 1. The third kappa shape index (κ3) is 4.76. The number of hydrogen-bond acceptors (Lipinski definition) is 3. The summed E-state index contributed by atoms with van der Waals surface area (Å²) in [5.41, 5.74) is 1.20. The molecule has 1 aromatic carbocycles. The summed E-state index contributed by atoms with van der Waals surface area (Å²) in [6.07, 6.45) is 2.62. The first kappa shape index (κ1) is 15.8. The Morgan fingerprint density at radius 1 is 1.25 bits per heavy atom. The minimum absolute atomic E-state index is 0.754. The van der Waals surface area contributed by atoms with E-state index in [-0.39, 0.29) is 0 Å². The molecule has 112 valence electrons. The van der Waals surface area contributed by atoms with Crippen LogP contribution in [0.25, 0.3) is 0 Å². The van der Waals surface area contributed by atoms with Gasteiger partial charge in [-0.05, 0) is 63.8 Å². The number of anilines is 1. The third-order valence-electron chi connectivity index (χ3n) is 4.27. The van der Waals surface area contributed by atoms with E-state index in [9.17, 15) is 0 Å². The molecule has 0 amide bonds. The first-order chi connectivity index (χ1) is 9.69. The molecule has 0 atom stereocenters. The third-order valence-corrected chi connectivity index (χ3v) is 4.79. The topological polar surface area (TPSA) is 18.5 Å². The quantitative estimate of drug-likeness (QED) is 0.857. The Morgan fingerprint density at radius 3 is 2.50 bits per heavy atom. The zero-order chi connectivity index (χ0) is 14.4. The normalized spacial score (nSPS) is 17.6. The van der Waals surface area contributed by atoms with E-state index in [1.807, 2.05) is 0 Å². The van der Waals surface area contributed by atoms with Gasteiger partial charge in [-0.3, -0.25) is 0 Å². The number of rotatable bonds is 6. The van der Waals surface area contributed by atoms with Gasteiger partial charge in [0.1, 0.15) is 0 Å². The summed E-state index contributed by atoms with van der Waals surface area (Å²) in [5, 5.41) is 3.49. The molecule has 0 aromatic heterocycles. The summed E-state index contributed by atoms with van der Waals surface area (Å²) >= 11 is 3.46. The fourth-order valence-electron chi connectivity index (χ4n) is 2.80. The molecular formula is C16H26BrN3. The smallest absolute Gasteiger partial charge is 0.0341 e. The van der Waals surface area contributed by atoms with Gasteiger partial charge in [-0.15, -0.1) is 0 Å². The molecule has 20 heavy (non-hydrogen) atoms. The van der Waals surface area contributed by atoms with Crippen molar-refractivity contribution in [2.75, 3.05) is 45.1 Å². The van der Waals surface area contributed by atoms with Crippen molar-refractivity contribution in [3.05, 3.63) is 28.7 Å². The van der Waals surface area contributed by atoms with Crippen LogP contribution in [0.3, 0.4) is 0 Å². The molecule has 1 fully saturated rings. The van der Waals surface area contributed by atoms with Crippen LogP contribution < -0.4 is 5.32 Å². The average Bonchev–Trinajstić information content (AvgIpc) is 2.49. The molecule has 0 radical (unpaired) electrons. The largest absolute Gasteiger partial charge is 0.384 e. The van der Waals surface area contributed by atoms with Gasteiger partial charge in [-0.1, -0.05) is 22.9 Å². The SMILES string of the molecule is CCN1CCC(N(C)CCNc2ccc(Br)cc2)CC1. The van der Waals surface area contributed by atoms with Crippen LogP contribution >= 0.6 is 15.9 Å². The standard InChI is InChI=1S/C16H26BrN3/c1-3-20-11-8-16(9-12-20)19(2)13-10-18-15-6-4-14(17)5-7-15/h4-7,16,18H,3,8-13H2,1-2H3. The predicted molar refractivity (Wildman–Crippen MR) is 90.4 cm³/mol. The number of piperidine rings is 1. The minimum Gasteiger partial charge on any atom is -0.384 e. The lowest BCUT2D eigenvalue weighted by atomic mass is 10.0. The number of nitrogens with one attached hydrogen (secondary N) is 1. The van der Waals surface area contributed by atoms with Gasteiger partial charge in [0.2, 0.25) is 0 Å². The highest BCUT2D eigenvalue weighted by Gasteiger charge is 2.20. The van der Waals surface area contributed by atoms with Crippen molar-refractivity contribution in [2.45, 2.75) is 25.8 Å². The molecule has 0 unspecified atom stereocenters. The number of benzene rings is 1. The zero-order valence-electron chi connectivity index (χ0n) is 12.6. The Labute approximate surface area is 131 Å². The molecule has 0 aliphatic carbocycles. The lowest BCUT2D eigenvalue weighted by Gasteiger charge is -2.36. The van der Waals surface area contributed by atoms with Crippen molar-refractivity contribution in [1.29, 1.82) is 0 Å². The number of likely N-dealkylation sites (tertiary alicyclic amines) is 1. The Balaban J connectivity index is 1.67. The molecule has 0 saturated carbocycles. The first-order valence-electron chi connectivity index (χ1n) is 7.61. The molecule has 1 heterocycles. The van der Waals surface area contributed by atoms with Crippen LogP contribution in [0, 0.1) is 0 Å². The summed E-state index contributed by atoms with van der Waals surface area (Å²) in [5.74, 6) is 0. The van der Waals surface area contributed by atoms with Gasteiger partial charge in [0.25, 0.3) is 0 Å². The molecule has 1 aliphatic heterocycles. The van der Waals surface area contributed by atoms with Crippen molar-refractivity contribution in [3.8, 4) is 0 Å². The van der Waals surface area contributed by atoms with Gasteiger partial charge >= 0.3 is 0 Å². The molecule has 1 aliphatic rings. The number of nitrogens with zero attached hydrogens (tertiary/aromatic N) is 2. The molecule has 4 heteroatoms. The van der Waals surface area contributed by atoms with E-state index in [1.165, 1.54) is 38.2 Å². The van der Waals surface area contributed by atoms with E-state index in [0.29, 0.717) is 0 Å². The fourth-order valence-corrected chi connectivity index (χ4v) is 3.07. The highest BCUT2D eigenvalue weighted by atomic mass is 79.9. The maximum Gasteiger partial charge on any atom is 0.0341 e. The maximum atomic E-state index is 3.49. The van der Waals surface area contributed by atoms with Crippen molar-refractivity contribution >= 4 is 21.6 Å². The Hall–Kier alpha value is -0.580. The second kappa shape index (κ2) is 8.01. The molecule has 2 rings (SSSR count). The van der Waals surface area contributed by atoms with Gasteiger partial charge in [0, 0.05) is 29.3 Å². The van der Waals surface area contributed by atoms with E-state index in [2.05, 4.69) is 69.3 Å². The molecule has 1 N–H and O–H groups in total. The van der Waals surface area contributed by atoms with Gasteiger partial charge < -0.3 is 15.1 Å². The summed E-state index contributed by atoms with van der Waals surface area (Å²) in [4.78, 5) is 5.06. The van der Waals surface area contributed by atoms with E-state index in [0.717, 1.165) is 23.6 Å². The van der Waals surface area contributed by atoms with E-state index in [1.54, 1.807) is 0 Å². The number of halogens is 1. The molecule has 0 spiro atoms. The van der Waals surface area contributed by atoms with Crippen molar-refractivity contribution in [1.82, 2.24) is 9.80 Å². The van der Waals surface area contributed by atoms with Crippen LogP contribution in [-0.4, -0.2) is 55.6 Å². The van der Waals surface area contributed by atoms with Crippen LogP contribution in [0.4, 0.5) is 5.69 Å². The fraction of sp³-hybridized carbons (Fsp3) is 0.625. The maximum absolute atomic E-state index is 3.49. The molecule has 0 bridgehead atoms.